The highest BCUT2D eigenvalue weighted by Gasteiger charge is 2.66. The Hall–Kier alpha value is 0.0300. The van der Waals surface area contributed by atoms with Gasteiger partial charge in [-0.05, 0) is 38.0 Å². The summed E-state index contributed by atoms with van der Waals surface area (Å²) in [7, 11) is -1.20. The van der Waals surface area contributed by atoms with Crippen LogP contribution < -0.4 is 5.14 Å². The first kappa shape index (κ1) is 10.9. The lowest BCUT2D eigenvalue weighted by molar-refractivity contribution is -0.284. The third-order valence-corrected chi connectivity index (χ3v) is 6.79. The molecule has 4 aliphatic carbocycles. The molecule has 4 saturated carbocycles. The minimum absolute atomic E-state index is 0.128. The molecule has 17 heavy (non-hydrogen) atoms. The molecule has 1 spiro atoms. The largest absolute Gasteiger partial charge is 0.347 e. The summed E-state index contributed by atoms with van der Waals surface area (Å²) in [5, 5.41) is 5.77. The van der Waals surface area contributed by atoms with Gasteiger partial charge in [-0.1, -0.05) is 0 Å². The fourth-order valence-corrected chi connectivity index (χ4v) is 6.15. The molecule has 1 saturated heterocycles. The van der Waals surface area contributed by atoms with Gasteiger partial charge in [0.25, 0.3) is 0 Å². The van der Waals surface area contributed by atoms with E-state index in [-0.39, 0.29) is 10.5 Å². The molecule has 5 aliphatic rings. The van der Waals surface area contributed by atoms with E-state index in [0.29, 0.717) is 17.8 Å². The van der Waals surface area contributed by atoms with E-state index in [4.69, 9.17) is 14.6 Å². The quantitative estimate of drug-likeness (QED) is 0.760. The fourth-order valence-electron chi connectivity index (χ4n) is 5.02. The highest BCUT2D eigenvalue weighted by Crippen LogP contribution is 2.63. The van der Waals surface area contributed by atoms with Gasteiger partial charge in [0, 0.05) is 11.8 Å². The van der Waals surface area contributed by atoms with Gasteiger partial charge in [-0.3, -0.25) is 5.14 Å². The second-order valence-electron chi connectivity index (χ2n) is 6.24. The van der Waals surface area contributed by atoms with Gasteiger partial charge in [0.2, 0.25) is 0 Å². The molecule has 5 fully saturated rings. The van der Waals surface area contributed by atoms with E-state index in [2.05, 4.69) is 0 Å². The van der Waals surface area contributed by atoms with Crippen molar-refractivity contribution in [3.63, 3.8) is 0 Å². The number of hydrogen-bond donors (Lipinski definition) is 1. The van der Waals surface area contributed by atoms with Gasteiger partial charge < -0.3 is 9.47 Å². The van der Waals surface area contributed by atoms with Crippen molar-refractivity contribution in [2.24, 2.45) is 22.9 Å². The summed E-state index contributed by atoms with van der Waals surface area (Å²) in [4.78, 5) is 0. The van der Waals surface area contributed by atoms with Crippen LogP contribution >= 0.6 is 0 Å². The van der Waals surface area contributed by atoms with Crippen LogP contribution in [0.3, 0.4) is 0 Å². The second-order valence-corrected chi connectivity index (χ2v) is 7.70. The molecule has 0 aromatic carbocycles. The lowest BCUT2D eigenvalue weighted by Gasteiger charge is -2.61. The molecule has 0 aromatic rings. The van der Waals surface area contributed by atoms with Gasteiger partial charge in [-0.15, -0.1) is 0 Å². The molecule has 0 amide bonds. The molecular weight excluding hydrogens is 238 g/mol. The van der Waals surface area contributed by atoms with Crippen LogP contribution in [0.4, 0.5) is 0 Å². The monoisotopic (exact) mass is 257 g/mol. The van der Waals surface area contributed by atoms with Crippen LogP contribution in [0.25, 0.3) is 0 Å². The van der Waals surface area contributed by atoms with Crippen molar-refractivity contribution in [2.45, 2.75) is 42.6 Å². The van der Waals surface area contributed by atoms with Crippen molar-refractivity contribution < 1.29 is 13.7 Å². The third kappa shape index (κ3) is 1.26. The molecule has 2 unspecified atom stereocenters. The Bertz CT molecular complexity index is 362. The Morgan fingerprint density at radius 1 is 1.06 bits per heavy atom. The van der Waals surface area contributed by atoms with Gasteiger partial charge in [-0.2, -0.15) is 0 Å². The molecule has 4 bridgehead atoms. The minimum Gasteiger partial charge on any atom is -0.347 e. The molecular formula is C12H19NO3S. The zero-order valence-corrected chi connectivity index (χ0v) is 10.7. The van der Waals surface area contributed by atoms with Crippen molar-refractivity contribution in [2.75, 3.05) is 13.2 Å². The Kier molecular flexibility index (Phi) is 2.13. The first-order chi connectivity index (χ1) is 8.15. The summed E-state index contributed by atoms with van der Waals surface area (Å²) in [5.74, 6) is 1.20. The second kappa shape index (κ2) is 3.32. The molecule has 0 radical (unpaired) electrons. The maximum Gasteiger partial charge on any atom is 0.174 e. The number of rotatable bonds is 1. The van der Waals surface area contributed by atoms with Crippen molar-refractivity contribution in [1.29, 1.82) is 0 Å². The molecule has 2 N–H and O–H groups in total. The topological polar surface area (TPSA) is 61.6 Å². The Morgan fingerprint density at radius 3 is 2.18 bits per heavy atom. The van der Waals surface area contributed by atoms with Gasteiger partial charge in [-0.25, -0.2) is 4.21 Å². The van der Waals surface area contributed by atoms with E-state index in [1.165, 1.54) is 12.8 Å². The van der Waals surface area contributed by atoms with Gasteiger partial charge in [0.1, 0.15) is 0 Å². The fraction of sp³-hybridized carbons (Fsp3) is 1.00. The highest BCUT2D eigenvalue weighted by molar-refractivity contribution is 7.84. The summed E-state index contributed by atoms with van der Waals surface area (Å²) in [6.07, 6.45) is 5.27. The van der Waals surface area contributed by atoms with Crippen LogP contribution in [0.5, 0.6) is 0 Å². The number of hydrogen-bond acceptors (Lipinski definition) is 3. The Balaban J connectivity index is 1.74. The number of nitrogens with two attached hydrogens (primary N) is 1. The van der Waals surface area contributed by atoms with Crippen LogP contribution in [-0.4, -0.2) is 28.0 Å². The van der Waals surface area contributed by atoms with Crippen molar-refractivity contribution in [1.82, 2.24) is 0 Å². The van der Waals surface area contributed by atoms with Crippen molar-refractivity contribution in [3.8, 4) is 0 Å². The summed E-state index contributed by atoms with van der Waals surface area (Å²) < 4.78 is 23.7. The summed E-state index contributed by atoms with van der Waals surface area (Å²) in [6.45, 7) is 1.44. The van der Waals surface area contributed by atoms with Gasteiger partial charge in [0.15, 0.2) is 5.79 Å². The SMILES string of the molecule is N[S@](=O)C12CC3CC(C1)C1(OCCO1)C(C3)C2. The van der Waals surface area contributed by atoms with E-state index in [1.54, 1.807) is 0 Å². The van der Waals surface area contributed by atoms with E-state index < -0.39 is 11.0 Å². The average Bonchev–Trinajstić information content (AvgIpc) is 2.75. The predicted molar refractivity (Wildman–Crippen MR) is 63.3 cm³/mol. The maximum atomic E-state index is 11.9. The smallest absolute Gasteiger partial charge is 0.174 e. The Morgan fingerprint density at radius 2 is 1.65 bits per heavy atom. The molecule has 96 valence electrons. The lowest BCUT2D eigenvalue weighted by Crippen LogP contribution is -2.65. The predicted octanol–water partition coefficient (Wildman–Crippen LogP) is 0.931. The highest BCUT2D eigenvalue weighted by atomic mass is 32.2. The molecule has 3 atom stereocenters. The third-order valence-electron chi connectivity index (χ3n) is 5.44. The van der Waals surface area contributed by atoms with E-state index in [9.17, 15) is 4.21 Å². The van der Waals surface area contributed by atoms with E-state index in [1.807, 2.05) is 0 Å². The molecule has 1 aliphatic heterocycles. The zero-order valence-electron chi connectivity index (χ0n) is 9.89. The first-order valence-electron chi connectivity index (χ1n) is 6.59. The zero-order chi connectivity index (χ0) is 11.7. The van der Waals surface area contributed by atoms with E-state index in [0.717, 1.165) is 32.5 Å². The van der Waals surface area contributed by atoms with Crippen LogP contribution in [0, 0.1) is 17.8 Å². The molecule has 0 aromatic heterocycles. The van der Waals surface area contributed by atoms with Crippen LogP contribution in [0.15, 0.2) is 0 Å². The van der Waals surface area contributed by atoms with E-state index >= 15 is 0 Å². The first-order valence-corrected chi connectivity index (χ1v) is 7.80. The van der Waals surface area contributed by atoms with Crippen molar-refractivity contribution >= 4 is 11.0 Å². The van der Waals surface area contributed by atoms with Crippen LogP contribution in [0.2, 0.25) is 0 Å². The average molecular weight is 257 g/mol. The molecule has 5 rings (SSSR count). The van der Waals surface area contributed by atoms with Gasteiger partial charge in [0.05, 0.1) is 28.9 Å². The minimum atomic E-state index is -1.20. The van der Waals surface area contributed by atoms with Gasteiger partial charge >= 0.3 is 0 Å². The van der Waals surface area contributed by atoms with Crippen LogP contribution in [0.1, 0.15) is 32.1 Å². The molecule has 4 nitrogen and oxygen atoms in total. The summed E-state index contributed by atoms with van der Waals surface area (Å²) in [6, 6.07) is 0. The molecule has 5 heteroatoms. The number of ether oxygens (including phenoxy) is 2. The summed E-state index contributed by atoms with van der Waals surface area (Å²) in [5.41, 5.74) is 0. The Labute approximate surface area is 104 Å². The normalized spacial score (nSPS) is 52.2. The molecule has 1 heterocycles. The lowest BCUT2D eigenvalue weighted by atomic mass is 9.53. The summed E-state index contributed by atoms with van der Waals surface area (Å²) >= 11 is 0. The standard InChI is InChI=1S/C12H19NO3S/c13-17(14)11-5-8-3-9(6-11)12(10(4-8)7-11)15-1-2-16-12/h8-10H,1-7,13H2/t8?,9?,10?,11?,17-/m1/s1. The van der Waals surface area contributed by atoms with Crippen LogP contribution in [-0.2, 0) is 20.5 Å². The van der Waals surface area contributed by atoms with Crippen molar-refractivity contribution in [3.05, 3.63) is 0 Å². The maximum absolute atomic E-state index is 11.9.